The van der Waals surface area contributed by atoms with Gasteiger partial charge in [0.25, 0.3) is 0 Å². The highest BCUT2D eigenvalue weighted by Crippen LogP contribution is 2.28. The van der Waals surface area contributed by atoms with Crippen molar-refractivity contribution >= 4 is 11.6 Å². The molecule has 2 saturated heterocycles. The summed E-state index contributed by atoms with van der Waals surface area (Å²) in [5.41, 5.74) is 1.28. The van der Waals surface area contributed by atoms with Crippen LogP contribution in [0.5, 0.6) is 5.75 Å². The first kappa shape index (κ1) is 21.5. The quantitative estimate of drug-likeness (QED) is 0.701. The molecule has 1 saturated carbocycles. The maximum Gasteiger partial charge on any atom is 0.222 e. The number of carbonyl (C=O) groups excluding carboxylic acids is 1. The molecule has 1 aromatic rings. The normalized spacial score (nSPS) is 24.1. The number of rotatable bonds is 6. The molecule has 1 amide bonds. The van der Waals surface area contributed by atoms with E-state index < -0.39 is 0 Å². The van der Waals surface area contributed by atoms with Gasteiger partial charge in [0.2, 0.25) is 5.91 Å². The van der Waals surface area contributed by atoms with Crippen molar-refractivity contribution in [1.29, 1.82) is 0 Å². The first-order valence-electron chi connectivity index (χ1n) is 12.1. The number of hydrogen-bond acceptors (Lipinski definition) is 4. The van der Waals surface area contributed by atoms with Crippen molar-refractivity contribution in [2.45, 2.75) is 63.8 Å². The van der Waals surface area contributed by atoms with Crippen molar-refractivity contribution in [1.82, 2.24) is 9.80 Å². The van der Waals surface area contributed by atoms with Crippen molar-refractivity contribution < 1.29 is 9.53 Å². The lowest BCUT2D eigenvalue weighted by atomic mass is 9.86. The number of amides is 1. The Balaban J connectivity index is 1.23. The molecule has 0 bridgehead atoms. The van der Waals surface area contributed by atoms with Gasteiger partial charge in [-0.15, -0.1) is 0 Å². The molecule has 2 aliphatic heterocycles. The SMILES string of the molecule is COc1ccc(N2CCN([C@H]3CCCN(C(=O)CCC4CCCCC4)C3)CC2)cc1. The Morgan fingerprint density at radius 1 is 0.933 bits per heavy atom. The number of carbonyl (C=O) groups is 1. The zero-order valence-electron chi connectivity index (χ0n) is 18.7. The summed E-state index contributed by atoms with van der Waals surface area (Å²) in [6, 6.07) is 8.93. The van der Waals surface area contributed by atoms with Crippen molar-refractivity contribution in [3.63, 3.8) is 0 Å². The van der Waals surface area contributed by atoms with E-state index in [1.54, 1.807) is 7.11 Å². The summed E-state index contributed by atoms with van der Waals surface area (Å²) in [6.45, 7) is 6.18. The molecule has 5 heteroatoms. The standard InChI is InChI=1S/C25H39N3O2/c1-30-24-12-10-22(11-13-24)26-16-18-27(19-17-26)23-8-5-15-28(20-23)25(29)14-9-21-6-3-2-4-7-21/h10-13,21,23H,2-9,14-20H2,1H3/t23-/m0/s1. The fourth-order valence-corrected chi connectivity index (χ4v) is 5.58. The minimum Gasteiger partial charge on any atom is -0.497 e. The van der Waals surface area contributed by atoms with Crippen LogP contribution in [-0.2, 0) is 4.79 Å². The van der Waals surface area contributed by atoms with Crippen molar-refractivity contribution in [3.8, 4) is 5.75 Å². The summed E-state index contributed by atoms with van der Waals surface area (Å²) in [6.07, 6.45) is 11.1. The summed E-state index contributed by atoms with van der Waals surface area (Å²) in [5.74, 6) is 2.12. The molecule has 1 atom stereocenters. The smallest absolute Gasteiger partial charge is 0.222 e. The van der Waals surface area contributed by atoms with Crippen LogP contribution in [0.4, 0.5) is 5.69 Å². The zero-order valence-corrected chi connectivity index (χ0v) is 18.7. The molecule has 3 fully saturated rings. The second-order valence-electron chi connectivity index (χ2n) is 9.40. The average Bonchev–Trinajstić information content (AvgIpc) is 2.83. The van der Waals surface area contributed by atoms with E-state index in [1.807, 2.05) is 12.1 Å². The number of piperidine rings is 1. The summed E-state index contributed by atoms with van der Waals surface area (Å²) in [7, 11) is 1.71. The number of methoxy groups -OCH3 is 1. The van der Waals surface area contributed by atoms with E-state index >= 15 is 0 Å². The molecule has 1 aliphatic carbocycles. The van der Waals surface area contributed by atoms with Crippen LogP contribution in [0.15, 0.2) is 24.3 Å². The van der Waals surface area contributed by atoms with Gasteiger partial charge < -0.3 is 14.5 Å². The molecular weight excluding hydrogens is 374 g/mol. The van der Waals surface area contributed by atoms with Crippen LogP contribution in [0.3, 0.4) is 0 Å². The third-order valence-corrected chi connectivity index (χ3v) is 7.51. The fourth-order valence-electron chi connectivity index (χ4n) is 5.58. The molecular formula is C25H39N3O2. The molecule has 0 N–H and O–H groups in total. The summed E-state index contributed by atoms with van der Waals surface area (Å²) < 4.78 is 5.27. The van der Waals surface area contributed by atoms with Gasteiger partial charge in [-0.1, -0.05) is 32.1 Å². The van der Waals surface area contributed by atoms with Crippen LogP contribution in [0.25, 0.3) is 0 Å². The molecule has 1 aromatic carbocycles. The lowest BCUT2D eigenvalue weighted by molar-refractivity contribution is -0.133. The molecule has 30 heavy (non-hydrogen) atoms. The van der Waals surface area contributed by atoms with Crippen LogP contribution in [0.1, 0.15) is 57.8 Å². The van der Waals surface area contributed by atoms with E-state index in [2.05, 4.69) is 26.8 Å². The summed E-state index contributed by atoms with van der Waals surface area (Å²) >= 11 is 0. The highest BCUT2D eigenvalue weighted by atomic mass is 16.5. The molecule has 0 radical (unpaired) electrons. The predicted octanol–water partition coefficient (Wildman–Crippen LogP) is 4.17. The van der Waals surface area contributed by atoms with Crippen LogP contribution in [-0.4, -0.2) is 68.1 Å². The van der Waals surface area contributed by atoms with Crippen molar-refractivity contribution in [2.24, 2.45) is 5.92 Å². The Labute approximate surface area is 182 Å². The number of piperazine rings is 1. The van der Waals surface area contributed by atoms with E-state index in [4.69, 9.17) is 4.74 Å². The van der Waals surface area contributed by atoms with Crippen LogP contribution >= 0.6 is 0 Å². The lowest BCUT2D eigenvalue weighted by Gasteiger charge is -2.44. The van der Waals surface area contributed by atoms with Gasteiger partial charge in [-0.2, -0.15) is 0 Å². The van der Waals surface area contributed by atoms with Gasteiger partial charge in [-0.05, 0) is 49.4 Å². The maximum absolute atomic E-state index is 12.8. The van der Waals surface area contributed by atoms with Crippen molar-refractivity contribution in [2.75, 3.05) is 51.3 Å². The molecule has 0 unspecified atom stereocenters. The second kappa shape index (κ2) is 10.5. The molecule has 0 spiro atoms. The number of ether oxygens (including phenoxy) is 1. The third-order valence-electron chi connectivity index (χ3n) is 7.51. The Hall–Kier alpha value is -1.75. The molecule has 166 valence electrons. The van der Waals surface area contributed by atoms with Gasteiger partial charge in [-0.25, -0.2) is 0 Å². The summed E-state index contributed by atoms with van der Waals surface area (Å²) in [4.78, 5) is 20.1. The Morgan fingerprint density at radius 2 is 1.67 bits per heavy atom. The number of benzene rings is 1. The minimum atomic E-state index is 0.405. The lowest BCUT2D eigenvalue weighted by Crippen LogP contribution is -2.55. The Kier molecular flexibility index (Phi) is 7.53. The van der Waals surface area contributed by atoms with Gasteiger partial charge in [0.1, 0.15) is 5.75 Å². The van der Waals surface area contributed by atoms with Gasteiger partial charge in [-0.3, -0.25) is 9.69 Å². The van der Waals surface area contributed by atoms with E-state index in [1.165, 1.54) is 44.2 Å². The third kappa shape index (κ3) is 5.48. The van der Waals surface area contributed by atoms with Crippen molar-refractivity contribution in [3.05, 3.63) is 24.3 Å². The number of likely N-dealkylation sites (tertiary alicyclic amines) is 1. The van der Waals surface area contributed by atoms with E-state index in [-0.39, 0.29) is 0 Å². The number of anilines is 1. The van der Waals surface area contributed by atoms with Gasteiger partial charge in [0.05, 0.1) is 7.11 Å². The van der Waals surface area contributed by atoms with Crippen LogP contribution in [0, 0.1) is 5.92 Å². The summed E-state index contributed by atoms with van der Waals surface area (Å²) in [5, 5.41) is 0. The van der Waals surface area contributed by atoms with E-state index in [0.717, 1.165) is 70.2 Å². The van der Waals surface area contributed by atoms with Gasteiger partial charge in [0.15, 0.2) is 0 Å². The highest BCUT2D eigenvalue weighted by Gasteiger charge is 2.30. The first-order chi connectivity index (χ1) is 14.7. The Morgan fingerprint density at radius 3 is 2.37 bits per heavy atom. The topological polar surface area (TPSA) is 36.0 Å². The number of hydrogen-bond donors (Lipinski definition) is 0. The van der Waals surface area contributed by atoms with Crippen LogP contribution < -0.4 is 9.64 Å². The molecule has 4 rings (SSSR count). The fraction of sp³-hybridized carbons (Fsp3) is 0.720. The molecule has 2 heterocycles. The van der Waals surface area contributed by atoms with Gasteiger partial charge >= 0.3 is 0 Å². The zero-order chi connectivity index (χ0) is 20.8. The predicted molar refractivity (Wildman–Crippen MR) is 122 cm³/mol. The molecule has 5 nitrogen and oxygen atoms in total. The largest absolute Gasteiger partial charge is 0.497 e. The minimum absolute atomic E-state index is 0.405. The highest BCUT2D eigenvalue weighted by molar-refractivity contribution is 5.76. The average molecular weight is 414 g/mol. The van der Waals surface area contributed by atoms with E-state index in [0.29, 0.717) is 11.9 Å². The maximum atomic E-state index is 12.8. The molecule has 0 aromatic heterocycles. The second-order valence-corrected chi connectivity index (χ2v) is 9.40. The van der Waals surface area contributed by atoms with Crippen LogP contribution in [0.2, 0.25) is 0 Å². The first-order valence-corrected chi connectivity index (χ1v) is 12.1. The molecule has 3 aliphatic rings. The van der Waals surface area contributed by atoms with Gasteiger partial charge in [0, 0.05) is 57.4 Å². The Bertz CT molecular complexity index is 663. The monoisotopic (exact) mass is 413 g/mol. The van der Waals surface area contributed by atoms with E-state index in [9.17, 15) is 4.79 Å². The number of nitrogens with zero attached hydrogens (tertiary/aromatic N) is 3.